The molecule has 0 bridgehead atoms. The molecule has 1 unspecified atom stereocenters. The molecule has 3 rings (SSSR count). The molecule has 0 radical (unpaired) electrons. The van der Waals surface area contributed by atoms with Gasteiger partial charge in [-0.2, -0.15) is 0 Å². The van der Waals surface area contributed by atoms with E-state index >= 15 is 0 Å². The van der Waals surface area contributed by atoms with Crippen molar-refractivity contribution in [1.82, 2.24) is 24.4 Å². The summed E-state index contributed by atoms with van der Waals surface area (Å²) in [5.41, 5.74) is 1.95. The molecule has 3 heterocycles. The fourth-order valence-electron chi connectivity index (χ4n) is 2.99. The molecule has 1 saturated heterocycles. The zero-order valence-electron chi connectivity index (χ0n) is 14.0. The topological polar surface area (TPSA) is 73.1 Å². The molecular formula is C17H23N5O2. The van der Waals surface area contributed by atoms with Crippen LogP contribution in [0.25, 0.3) is 0 Å². The van der Waals surface area contributed by atoms with E-state index in [1.807, 2.05) is 22.6 Å². The number of hydrogen-bond acceptors (Lipinski definition) is 5. The number of nitrogens with zero attached hydrogens (tertiary/aromatic N) is 5. The van der Waals surface area contributed by atoms with Crippen molar-refractivity contribution in [2.24, 2.45) is 0 Å². The number of rotatable bonds is 6. The Morgan fingerprint density at radius 3 is 3.00 bits per heavy atom. The first-order chi connectivity index (χ1) is 11.7. The quantitative estimate of drug-likeness (QED) is 0.797. The van der Waals surface area contributed by atoms with Crippen LogP contribution in [0.2, 0.25) is 0 Å². The fraction of sp³-hybridized carbons (Fsp3) is 0.529. The molecule has 7 nitrogen and oxygen atoms in total. The molecule has 2 aromatic rings. The van der Waals surface area contributed by atoms with Gasteiger partial charge in [-0.05, 0) is 19.8 Å². The maximum Gasteiger partial charge on any atom is 0.224 e. The van der Waals surface area contributed by atoms with Gasteiger partial charge in [0, 0.05) is 44.3 Å². The summed E-state index contributed by atoms with van der Waals surface area (Å²) >= 11 is 0. The Bertz CT molecular complexity index is 659. The number of aryl methyl sites for hydroxylation is 3. The molecule has 1 aliphatic heterocycles. The van der Waals surface area contributed by atoms with Crippen molar-refractivity contribution < 1.29 is 9.53 Å². The van der Waals surface area contributed by atoms with Gasteiger partial charge >= 0.3 is 0 Å². The molecule has 0 aliphatic carbocycles. The second-order valence-electron chi connectivity index (χ2n) is 5.99. The fourth-order valence-corrected chi connectivity index (χ4v) is 2.99. The number of morpholine rings is 1. The molecule has 1 atom stereocenters. The minimum absolute atomic E-state index is 0.107. The maximum atomic E-state index is 12.6. The number of hydrogen-bond donors (Lipinski definition) is 0. The van der Waals surface area contributed by atoms with Gasteiger partial charge in [0.2, 0.25) is 5.91 Å². The molecule has 128 valence electrons. The first-order valence-corrected chi connectivity index (χ1v) is 8.33. The van der Waals surface area contributed by atoms with Crippen molar-refractivity contribution in [2.75, 3.05) is 19.8 Å². The SMILES string of the molecule is Cc1nccnc1CCC1COCCN1C(=O)CCn1ccnc1. The predicted molar refractivity (Wildman–Crippen MR) is 88.3 cm³/mol. The second-order valence-corrected chi connectivity index (χ2v) is 5.99. The van der Waals surface area contributed by atoms with Crippen LogP contribution in [0.1, 0.15) is 24.2 Å². The molecular weight excluding hydrogens is 306 g/mol. The first kappa shape index (κ1) is 16.6. The number of imidazole rings is 1. The standard InChI is InChI=1S/C17H23N5O2/c1-14-16(20-6-5-19-14)3-2-15-12-24-11-10-22(15)17(23)4-8-21-9-7-18-13-21/h5-7,9,13,15H,2-4,8,10-12H2,1H3. The Balaban J connectivity index is 1.56. The number of amides is 1. The zero-order chi connectivity index (χ0) is 16.8. The molecule has 0 spiro atoms. The average Bonchev–Trinajstić information content (AvgIpc) is 3.13. The van der Waals surface area contributed by atoms with Gasteiger partial charge in [-0.25, -0.2) is 4.98 Å². The third-order valence-corrected chi connectivity index (χ3v) is 4.39. The average molecular weight is 329 g/mol. The van der Waals surface area contributed by atoms with Crippen LogP contribution in [0, 0.1) is 6.92 Å². The van der Waals surface area contributed by atoms with Crippen molar-refractivity contribution in [3.8, 4) is 0 Å². The van der Waals surface area contributed by atoms with E-state index in [4.69, 9.17) is 4.74 Å². The lowest BCUT2D eigenvalue weighted by atomic mass is 10.1. The van der Waals surface area contributed by atoms with E-state index in [-0.39, 0.29) is 11.9 Å². The van der Waals surface area contributed by atoms with E-state index in [2.05, 4.69) is 15.0 Å². The summed E-state index contributed by atoms with van der Waals surface area (Å²) in [5, 5.41) is 0. The van der Waals surface area contributed by atoms with E-state index in [0.29, 0.717) is 32.7 Å². The van der Waals surface area contributed by atoms with Gasteiger partial charge in [0.15, 0.2) is 0 Å². The molecule has 1 amide bonds. The molecule has 0 aromatic carbocycles. The Labute approximate surface area is 141 Å². The molecule has 24 heavy (non-hydrogen) atoms. The normalized spacial score (nSPS) is 17.9. The zero-order valence-corrected chi connectivity index (χ0v) is 14.0. The smallest absolute Gasteiger partial charge is 0.224 e. The van der Waals surface area contributed by atoms with Crippen LogP contribution in [-0.2, 0) is 22.5 Å². The molecule has 0 saturated carbocycles. The van der Waals surface area contributed by atoms with Crippen LogP contribution in [-0.4, -0.2) is 56.1 Å². The van der Waals surface area contributed by atoms with Crippen molar-refractivity contribution in [3.05, 3.63) is 42.5 Å². The Morgan fingerprint density at radius 1 is 1.33 bits per heavy atom. The van der Waals surface area contributed by atoms with Gasteiger partial charge in [-0.1, -0.05) is 0 Å². The Kier molecular flexibility index (Phi) is 5.53. The summed E-state index contributed by atoms with van der Waals surface area (Å²) in [6, 6.07) is 0.107. The van der Waals surface area contributed by atoms with E-state index in [1.165, 1.54) is 0 Å². The summed E-state index contributed by atoms with van der Waals surface area (Å²) in [6.07, 6.45) is 10.9. The van der Waals surface area contributed by atoms with E-state index in [9.17, 15) is 4.79 Å². The largest absolute Gasteiger partial charge is 0.377 e. The van der Waals surface area contributed by atoms with Crippen LogP contribution < -0.4 is 0 Å². The molecule has 7 heteroatoms. The summed E-state index contributed by atoms with van der Waals surface area (Å²) in [5.74, 6) is 0.174. The van der Waals surface area contributed by atoms with Crippen LogP contribution in [0.3, 0.4) is 0 Å². The third kappa shape index (κ3) is 4.17. The lowest BCUT2D eigenvalue weighted by molar-refractivity contribution is -0.140. The highest BCUT2D eigenvalue weighted by atomic mass is 16.5. The first-order valence-electron chi connectivity index (χ1n) is 8.33. The van der Waals surface area contributed by atoms with Crippen molar-refractivity contribution in [3.63, 3.8) is 0 Å². The Morgan fingerprint density at radius 2 is 2.21 bits per heavy atom. The van der Waals surface area contributed by atoms with Crippen LogP contribution in [0.5, 0.6) is 0 Å². The van der Waals surface area contributed by atoms with Gasteiger partial charge < -0.3 is 14.2 Å². The summed E-state index contributed by atoms with van der Waals surface area (Å²) < 4.78 is 7.51. The molecule has 1 fully saturated rings. The summed E-state index contributed by atoms with van der Waals surface area (Å²) in [7, 11) is 0. The van der Waals surface area contributed by atoms with E-state index < -0.39 is 0 Å². The third-order valence-electron chi connectivity index (χ3n) is 4.39. The Hall–Kier alpha value is -2.28. The van der Waals surface area contributed by atoms with Crippen molar-refractivity contribution in [2.45, 2.75) is 38.8 Å². The van der Waals surface area contributed by atoms with Gasteiger partial charge in [-0.3, -0.25) is 14.8 Å². The van der Waals surface area contributed by atoms with Gasteiger partial charge in [0.25, 0.3) is 0 Å². The highest BCUT2D eigenvalue weighted by Gasteiger charge is 2.27. The number of carbonyl (C=O) groups excluding carboxylic acids is 1. The highest BCUT2D eigenvalue weighted by molar-refractivity contribution is 5.76. The van der Waals surface area contributed by atoms with Crippen LogP contribution >= 0.6 is 0 Å². The molecule has 1 aliphatic rings. The lowest BCUT2D eigenvalue weighted by Crippen LogP contribution is -2.49. The molecule has 0 N–H and O–H groups in total. The monoisotopic (exact) mass is 329 g/mol. The van der Waals surface area contributed by atoms with Crippen LogP contribution in [0.4, 0.5) is 0 Å². The lowest BCUT2D eigenvalue weighted by Gasteiger charge is -2.36. The number of aromatic nitrogens is 4. The van der Waals surface area contributed by atoms with Gasteiger partial charge in [0.05, 0.1) is 37.0 Å². The molecule has 2 aromatic heterocycles. The van der Waals surface area contributed by atoms with Crippen molar-refractivity contribution >= 4 is 5.91 Å². The summed E-state index contributed by atoms with van der Waals surface area (Å²) in [6.45, 7) is 4.49. The second kappa shape index (κ2) is 8.01. The minimum atomic E-state index is 0.107. The van der Waals surface area contributed by atoms with Crippen molar-refractivity contribution in [1.29, 1.82) is 0 Å². The predicted octanol–water partition coefficient (Wildman–Crippen LogP) is 1.23. The maximum absolute atomic E-state index is 12.6. The van der Waals surface area contributed by atoms with E-state index in [1.54, 1.807) is 24.9 Å². The highest BCUT2D eigenvalue weighted by Crippen LogP contribution is 2.15. The van der Waals surface area contributed by atoms with Crippen LogP contribution in [0.15, 0.2) is 31.1 Å². The summed E-state index contributed by atoms with van der Waals surface area (Å²) in [4.78, 5) is 27.2. The number of carbonyl (C=O) groups is 1. The minimum Gasteiger partial charge on any atom is -0.377 e. The number of ether oxygens (including phenoxy) is 1. The van der Waals surface area contributed by atoms with E-state index in [0.717, 1.165) is 24.2 Å². The van der Waals surface area contributed by atoms with Gasteiger partial charge in [-0.15, -0.1) is 0 Å². The van der Waals surface area contributed by atoms with Gasteiger partial charge in [0.1, 0.15) is 0 Å².